The third-order valence-corrected chi connectivity index (χ3v) is 7.28. The molecule has 1 aliphatic carbocycles. The average molecular weight is 425 g/mol. The van der Waals surface area contributed by atoms with Gasteiger partial charge in [-0.05, 0) is 60.4 Å². The summed E-state index contributed by atoms with van der Waals surface area (Å²) in [5, 5.41) is 3.96. The van der Waals surface area contributed by atoms with Gasteiger partial charge < -0.3 is 9.13 Å². The van der Waals surface area contributed by atoms with Gasteiger partial charge in [0.05, 0.1) is 11.0 Å². The van der Waals surface area contributed by atoms with Crippen LogP contribution in [0.4, 0.5) is 0 Å². The average Bonchev–Trinajstić information content (AvgIpc) is 3.37. The van der Waals surface area contributed by atoms with E-state index in [0.717, 1.165) is 12.8 Å². The van der Waals surface area contributed by atoms with Gasteiger partial charge in [-0.15, -0.1) is 0 Å². The van der Waals surface area contributed by atoms with Crippen LogP contribution in [0, 0.1) is 0 Å². The summed E-state index contributed by atoms with van der Waals surface area (Å²) in [7, 11) is 2.20. The van der Waals surface area contributed by atoms with E-state index < -0.39 is 0 Å². The lowest BCUT2D eigenvalue weighted by Gasteiger charge is -2.17. The van der Waals surface area contributed by atoms with Crippen LogP contribution in [0.2, 0.25) is 0 Å². The number of para-hydroxylation sites is 3. The number of aromatic nitrogens is 2. The van der Waals surface area contributed by atoms with Crippen molar-refractivity contribution in [3.8, 4) is 5.69 Å². The van der Waals surface area contributed by atoms with E-state index in [-0.39, 0.29) is 0 Å². The zero-order valence-electron chi connectivity index (χ0n) is 18.6. The molecule has 2 heteroatoms. The molecule has 0 bridgehead atoms. The van der Waals surface area contributed by atoms with Crippen LogP contribution >= 0.6 is 0 Å². The number of aryl methyl sites for hydroxylation is 1. The summed E-state index contributed by atoms with van der Waals surface area (Å²) in [4.78, 5) is 0. The van der Waals surface area contributed by atoms with E-state index in [0.29, 0.717) is 0 Å². The first-order chi connectivity index (χ1) is 16.3. The Labute approximate surface area is 193 Å². The number of fused-ring (bicyclic) bond motifs is 6. The molecular formula is C31H24N2. The van der Waals surface area contributed by atoms with Crippen molar-refractivity contribution >= 4 is 44.4 Å². The number of hydrogen-bond acceptors (Lipinski definition) is 0. The molecular weight excluding hydrogens is 400 g/mol. The molecule has 4 aromatic carbocycles. The smallest absolute Gasteiger partial charge is 0.0541 e. The van der Waals surface area contributed by atoms with E-state index in [1.807, 2.05) is 0 Å². The number of hydrogen-bond donors (Lipinski definition) is 0. The van der Waals surface area contributed by atoms with Crippen molar-refractivity contribution in [1.82, 2.24) is 9.13 Å². The fraction of sp³-hybridized carbons (Fsp3) is 0.0968. The predicted molar refractivity (Wildman–Crippen MR) is 140 cm³/mol. The highest BCUT2D eigenvalue weighted by Crippen LogP contribution is 2.37. The first-order valence-electron chi connectivity index (χ1n) is 11.7. The monoisotopic (exact) mass is 424 g/mol. The number of rotatable bonds is 2. The quantitative estimate of drug-likeness (QED) is 0.269. The summed E-state index contributed by atoms with van der Waals surface area (Å²) in [6.45, 7) is 0. The molecule has 0 aliphatic heterocycles. The molecule has 7 rings (SSSR count). The third kappa shape index (κ3) is 2.67. The molecule has 0 saturated carbocycles. The Bertz CT molecular complexity index is 1670. The SMILES string of the molecule is Cn1c2c(c3ccccc31)C=C(c1cccc(-n3c4ccccc4c4ccccc43)c1)CC2. The van der Waals surface area contributed by atoms with E-state index in [4.69, 9.17) is 0 Å². The molecule has 6 aromatic rings. The first-order valence-corrected chi connectivity index (χ1v) is 11.7. The van der Waals surface area contributed by atoms with E-state index in [1.54, 1.807) is 0 Å². The van der Waals surface area contributed by atoms with Crippen molar-refractivity contribution in [2.24, 2.45) is 7.05 Å². The maximum Gasteiger partial charge on any atom is 0.0541 e. The summed E-state index contributed by atoms with van der Waals surface area (Å²) >= 11 is 0. The van der Waals surface area contributed by atoms with E-state index >= 15 is 0 Å². The van der Waals surface area contributed by atoms with Gasteiger partial charge in [-0.25, -0.2) is 0 Å². The van der Waals surface area contributed by atoms with Crippen LogP contribution in [-0.4, -0.2) is 9.13 Å². The fourth-order valence-electron chi connectivity index (χ4n) is 5.71. The molecule has 0 amide bonds. The number of nitrogens with zero attached hydrogens (tertiary/aromatic N) is 2. The summed E-state index contributed by atoms with van der Waals surface area (Å²) in [6.07, 6.45) is 4.56. The fourth-order valence-corrected chi connectivity index (χ4v) is 5.71. The Balaban J connectivity index is 1.42. The Kier molecular flexibility index (Phi) is 3.92. The highest BCUT2D eigenvalue weighted by Gasteiger charge is 2.19. The lowest BCUT2D eigenvalue weighted by molar-refractivity contribution is 0.830. The molecule has 0 radical (unpaired) electrons. The minimum atomic E-state index is 1.06. The molecule has 2 nitrogen and oxygen atoms in total. The molecule has 1 aliphatic rings. The zero-order chi connectivity index (χ0) is 21.9. The standard InChI is InChI=1S/C31H24N2/c1-32-28-14-5-2-13-26(28)27-20-22(17-18-29(27)32)21-9-8-10-23(19-21)33-30-15-6-3-11-24(30)25-12-4-7-16-31(25)33/h2-16,19-20H,17-18H2,1H3. The lowest BCUT2D eigenvalue weighted by atomic mass is 9.91. The number of benzene rings is 4. The van der Waals surface area contributed by atoms with Gasteiger partial charge in [-0.1, -0.05) is 66.7 Å². The van der Waals surface area contributed by atoms with Crippen LogP contribution in [0.25, 0.3) is 50.0 Å². The van der Waals surface area contributed by atoms with Gasteiger partial charge in [0.25, 0.3) is 0 Å². The first kappa shape index (κ1) is 18.5. The van der Waals surface area contributed by atoms with Gasteiger partial charge in [-0.2, -0.15) is 0 Å². The van der Waals surface area contributed by atoms with Crippen molar-refractivity contribution in [2.45, 2.75) is 12.8 Å². The van der Waals surface area contributed by atoms with Gasteiger partial charge >= 0.3 is 0 Å². The molecule has 33 heavy (non-hydrogen) atoms. The summed E-state index contributed by atoms with van der Waals surface area (Å²) in [6, 6.07) is 35.2. The molecule has 0 unspecified atom stereocenters. The van der Waals surface area contributed by atoms with E-state index in [1.165, 1.54) is 60.8 Å². The van der Waals surface area contributed by atoms with Gasteiger partial charge in [0, 0.05) is 45.7 Å². The molecule has 0 saturated heterocycles. The molecule has 0 N–H and O–H groups in total. The summed E-state index contributed by atoms with van der Waals surface area (Å²) in [5.41, 5.74) is 10.6. The molecule has 2 heterocycles. The van der Waals surface area contributed by atoms with Gasteiger partial charge in [0.2, 0.25) is 0 Å². The maximum atomic E-state index is 2.42. The Morgan fingerprint density at radius 2 is 1.24 bits per heavy atom. The van der Waals surface area contributed by atoms with E-state index in [9.17, 15) is 0 Å². The van der Waals surface area contributed by atoms with Crippen LogP contribution in [-0.2, 0) is 13.5 Å². The van der Waals surface area contributed by atoms with E-state index in [2.05, 4.69) is 119 Å². The summed E-state index contributed by atoms with van der Waals surface area (Å²) in [5.74, 6) is 0. The second-order valence-corrected chi connectivity index (χ2v) is 9.03. The van der Waals surface area contributed by atoms with Gasteiger partial charge in [-0.3, -0.25) is 0 Å². The Morgan fingerprint density at radius 3 is 1.97 bits per heavy atom. The molecule has 158 valence electrons. The topological polar surface area (TPSA) is 9.86 Å². The van der Waals surface area contributed by atoms with Gasteiger partial charge in [0.15, 0.2) is 0 Å². The Morgan fingerprint density at radius 1 is 0.606 bits per heavy atom. The molecule has 2 aromatic heterocycles. The molecule has 0 atom stereocenters. The van der Waals surface area contributed by atoms with Crippen molar-refractivity contribution in [2.75, 3.05) is 0 Å². The zero-order valence-corrected chi connectivity index (χ0v) is 18.6. The van der Waals surface area contributed by atoms with Crippen LogP contribution in [0.1, 0.15) is 23.2 Å². The maximum absolute atomic E-state index is 2.42. The molecule has 0 fully saturated rings. The second kappa shape index (κ2) is 6.98. The van der Waals surface area contributed by atoms with Crippen LogP contribution in [0.15, 0.2) is 97.1 Å². The third-order valence-electron chi connectivity index (χ3n) is 7.28. The second-order valence-electron chi connectivity index (χ2n) is 9.03. The lowest BCUT2D eigenvalue weighted by Crippen LogP contribution is -2.03. The van der Waals surface area contributed by atoms with Crippen LogP contribution in [0.5, 0.6) is 0 Å². The van der Waals surface area contributed by atoms with Crippen LogP contribution in [0.3, 0.4) is 0 Å². The highest BCUT2D eigenvalue weighted by atomic mass is 15.0. The van der Waals surface area contributed by atoms with Crippen molar-refractivity contribution in [3.63, 3.8) is 0 Å². The largest absolute Gasteiger partial charge is 0.347 e. The van der Waals surface area contributed by atoms with Crippen molar-refractivity contribution < 1.29 is 0 Å². The Hall–Kier alpha value is -4.04. The molecule has 0 spiro atoms. The normalized spacial score (nSPS) is 13.5. The predicted octanol–water partition coefficient (Wildman–Crippen LogP) is 7.76. The minimum absolute atomic E-state index is 1.06. The van der Waals surface area contributed by atoms with Crippen LogP contribution < -0.4 is 0 Å². The van der Waals surface area contributed by atoms with Gasteiger partial charge in [0.1, 0.15) is 0 Å². The van der Waals surface area contributed by atoms with Crippen molar-refractivity contribution in [1.29, 1.82) is 0 Å². The highest BCUT2D eigenvalue weighted by molar-refractivity contribution is 6.09. The number of allylic oxidation sites excluding steroid dienone is 1. The van der Waals surface area contributed by atoms with Crippen molar-refractivity contribution in [3.05, 3.63) is 114 Å². The summed E-state index contributed by atoms with van der Waals surface area (Å²) < 4.78 is 4.77. The minimum Gasteiger partial charge on any atom is -0.347 e.